The van der Waals surface area contributed by atoms with Gasteiger partial charge in [0.25, 0.3) is 0 Å². The number of hydrogen-bond acceptors (Lipinski definition) is 5. The van der Waals surface area contributed by atoms with E-state index in [1.54, 1.807) is 6.20 Å². The molecular weight excluding hydrogens is 354 g/mol. The molecule has 6 nitrogen and oxygen atoms in total. The number of rotatable bonds is 8. The van der Waals surface area contributed by atoms with Crippen molar-refractivity contribution >= 4 is 29.2 Å². The Morgan fingerprint density at radius 3 is 2.81 bits per heavy atom. The molecule has 0 amide bonds. The van der Waals surface area contributed by atoms with Gasteiger partial charge in [-0.15, -0.1) is 0 Å². The van der Waals surface area contributed by atoms with E-state index < -0.39 is 5.97 Å². The Hall–Kier alpha value is -2.18. The molecule has 1 aliphatic heterocycles. The quantitative estimate of drug-likeness (QED) is 0.725. The predicted molar refractivity (Wildman–Crippen MR) is 100 cm³/mol. The van der Waals surface area contributed by atoms with E-state index >= 15 is 0 Å². The predicted octanol–water partition coefficient (Wildman–Crippen LogP) is 4.00. The van der Waals surface area contributed by atoms with Crippen molar-refractivity contribution in [3.63, 3.8) is 0 Å². The van der Waals surface area contributed by atoms with Gasteiger partial charge in [-0.3, -0.25) is 4.79 Å². The number of benzene rings is 1. The fourth-order valence-electron chi connectivity index (χ4n) is 2.94. The molecule has 0 unspecified atom stereocenters. The van der Waals surface area contributed by atoms with Crippen LogP contribution in [0.3, 0.4) is 0 Å². The molecule has 2 heterocycles. The van der Waals surface area contributed by atoms with E-state index in [-0.39, 0.29) is 6.42 Å². The zero-order valence-electron chi connectivity index (χ0n) is 14.4. The summed E-state index contributed by atoms with van der Waals surface area (Å²) in [6.45, 7) is 0.845. The second-order valence-corrected chi connectivity index (χ2v) is 6.78. The highest BCUT2D eigenvalue weighted by Crippen LogP contribution is 2.22. The standard InChI is InChI=1S/C19H22ClN3O3/c20-16-12-21-19(23-17(16)9-8-15-2-1-11-26-15)22-14-6-3-13(4-7-14)5-10-18(24)25/h3-4,6-7,12,15H,1-2,5,8-11H2,(H,24,25)(H,21,22,23)/t15-/m0/s1. The molecule has 0 radical (unpaired) electrons. The number of aryl methyl sites for hydroxylation is 2. The van der Waals surface area contributed by atoms with Crippen LogP contribution in [0, 0.1) is 0 Å². The summed E-state index contributed by atoms with van der Waals surface area (Å²) in [6.07, 6.45) is 6.45. The normalized spacial score (nSPS) is 16.6. The molecule has 1 atom stereocenters. The fraction of sp³-hybridized carbons (Fsp3) is 0.421. The van der Waals surface area contributed by atoms with Crippen LogP contribution in [-0.4, -0.2) is 33.8 Å². The van der Waals surface area contributed by atoms with Crippen molar-refractivity contribution in [1.82, 2.24) is 9.97 Å². The maximum absolute atomic E-state index is 10.6. The van der Waals surface area contributed by atoms with E-state index in [0.29, 0.717) is 23.5 Å². The lowest BCUT2D eigenvalue weighted by Crippen LogP contribution is -2.08. The Labute approximate surface area is 157 Å². The van der Waals surface area contributed by atoms with Crippen LogP contribution >= 0.6 is 11.6 Å². The maximum Gasteiger partial charge on any atom is 0.303 e. The Kier molecular flexibility index (Phi) is 6.41. The van der Waals surface area contributed by atoms with E-state index in [1.807, 2.05) is 24.3 Å². The van der Waals surface area contributed by atoms with Crippen LogP contribution in [0.5, 0.6) is 0 Å². The number of halogens is 1. The summed E-state index contributed by atoms with van der Waals surface area (Å²) < 4.78 is 5.65. The highest BCUT2D eigenvalue weighted by molar-refractivity contribution is 6.31. The first-order valence-corrected chi connectivity index (χ1v) is 9.19. The molecule has 0 bridgehead atoms. The lowest BCUT2D eigenvalue weighted by atomic mass is 10.1. The summed E-state index contributed by atoms with van der Waals surface area (Å²) in [5.41, 5.74) is 2.64. The molecule has 138 valence electrons. The topological polar surface area (TPSA) is 84.3 Å². The summed E-state index contributed by atoms with van der Waals surface area (Å²) in [5.74, 6) is -0.299. The third-order valence-electron chi connectivity index (χ3n) is 4.38. The average Bonchev–Trinajstić information content (AvgIpc) is 3.15. The molecular formula is C19H22ClN3O3. The van der Waals surface area contributed by atoms with Gasteiger partial charge >= 0.3 is 5.97 Å². The van der Waals surface area contributed by atoms with Gasteiger partial charge in [0.05, 0.1) is 23.0 Å². The van der Waals surface area contributed by atoms with Gasteiger partial charge in [-0.2, -0.15) is 0 Å². The van der Waals surface area contributed by atoms with Crippen LogP contribution in [0.15, 0.2) is 30.5 Å². The maximum atomic E-state index is 10.6. The van der Waals surface area contributed by atoms with Crippen LogP contribution < -0.4 is 5.32 Å². The van der Waals surface area contributed by atoms with Gasteiger partial charge in [-0.05, 0) is 49.8 Å². The molecule has 1 fully saturated rings. The van der Waals surface area contributed by atoms with Gasteiger partial charge in [-0.25, -0.2) is 9.97 Å². The number of ether oxygens (including phenoxy) is 1. The van der Waals surface area contributed by atoms with Gasteiger partial charge < -0.3 is 15.2 Å². The number of nitrogens with zero attached hydrogens (tertiary/aromatic N) is 2. The van der Waals surface area contributed by atoms with Crippen LogP contribution in [0.2, 0.25) is 5.02 Å². The van der Waals surface area contributed by atoms with Crippen molar-refractivity contribution in [3.05, 3.63) is 46.7 Å². The molecule has 0 spiro atoms. The SMILES string of the molecule is O=C(O)CCc1ccc(Nc2ncc(Cl)c(CC[C@@H]3CCCO3)n2)cc1. The average molecular weight is 376 g/mol. The van der Waals surface area contributed by atoms with Gasteiger partial charge in [0, 0.05) is 18.7 Å². The number of carboxylic acid groups (broad SMARTS) is 1. The van der Waals surface area contributed by atoms with Crippen molar-refractivity contribution in [2.24, 2.45) is 0 Å². The number of carbonyl (C=O) groups is 1. The molecule has 7 heteroatoms. The monoisotopic (exact) mass is 375 g/mol. The molecule has 3 rings (SSSR count). The minimum Gasteiger partial charge on any atom is -0.481 e. The molecule has 1 aliphatic rings. The van der Waals surface area contributed by atoms with Crippen molar-refractivity contribution in [2.75, 3.05) is 11.9 Å². The molecule has 0 saturated carbocycles. The number of carboxylic acids is 1. The first-order chi connectivity index (χ1) is 12.6. The van der Waals surface area contributed by atoms with Crippen LogP contribution in [0.4, 0.5) is 11.6 Å². The highest BCUT2D eigenvalue weighted by Gasteiger charge is 2.16. The van der Waals surface area contributed by atoms with E-state index in [4.69, 9.17) is 21.4 Å². The van der Waals surface area contributed by atoms with Crippen LogP contribution in [-0.2, 0) is 22.4 Å². The molecule has 1 saturated heterocycles. The number of hydrogen-bond donors (Lipinski definition) is 2. The summed E-state index contributed by atoms with van der Waals surface area (Å²) >= 11 is 6.22. The van der Waals surface area contributed by atoms with Gasteiger partial charge in [0.15, 0.2) is 0 Å². The number of aliphatic carboxylic acids is 1. The molecule has 1 aromatic carbocycles. The first kappa shape index (κ1) is 18.6. The minimum absolute atomic E-state index is 0.126. The molecule has 1 aromatic heterocycles. The molecule has 26 heavy (non-hydrogen) atoms. The summed E-state index contributed by atoms with van der Waals surface area (Å²) in [7, 11) is 0. The summed E-state index contributed by atoms with van der Waals surface area (Å²) in [4.78, 5) is 19.4. The van der Waals surface area contributed by atoms with Crippen LogP contribution in [0.25, 0.3) is 0 Å². The van der Waals surface area contributed by atoms with E-state index in [0.717, 1.165) is 49.2 Å². The third-order valence-corrected chi connectivity index (χ3v) is 4.70. The fourth-order valence-corrected chi connectivity index (χ4v) is 3.13. The summed E-state index contributed by atoms with van der Waals surface area (Å²) in [5, 5.41) is 12.5. The second kappa shape index (κ2) is 8.96. The minimum atomic E-state index is -0.794. The van der Waals surface area contributed by atoms with Gasteiger partial charge in [0.2, 0.25) is 5.95 Å². The largest absolute Gasteiger partial charge is 0.481 e. The van der Waals surface area contributed by atoms with E-state index in [1.165, 1.54) is 0 Å². The van der Waals surface area contributed by atoms with Crippen LogP contribution in [0.1, 0.15) is 36.9 Å². The van der Waals surface area contributed by atoms with Crippen molar-refractivity contribution in [1.29, 1.82) is 0 Å². The third kappa shape index (κ3) is 5.41. The number of nitrogens with one attached hydrogen (secondary N) is 1. The van der Waals surface area contributed by atoms with E-state index in [2.05, 4.69) is 15.3 Å². The zero-order chi connectivity index (χ0) is 18.4. The lowest BCUT2D eigenvalue weighted by molar-refractivity contribution is -0.136. The Morgan fingerprint density at radius 1 is 1.31 bits per heavy atom. The van der Waals surface area contributed by atoms with E-state index in [9.17, 15) is 4.79 Å². The molecule has 2 N–H and O–H groups in total. The molecule has 0 aliphatic carbocycles. The van der Waals surface area contributed by atoms with Crippen molar-refractivity contribution < 1.29 is 14.6 Å². The van der Waals surface area contributed by atoms with Gasteiger partial charge in [-0.1, -0.05) is 23.7 Å². The Morgan fingerprint density at radius 2 is 2.12 bits per heavy atom. The van der Waals surface area contributed by atoms with Gasteiger partial charge in [0.1, 0.15) is 0 Å². The Bertz CT molecular complexity index is 746. The number of aromatic nitrogens is 2. The lowest BCUT2D eigenvalue weighted by Gasteiger charge is -2.11. The highest BCUT2D eigenvalue weighted by atomic mass is 35.5. The summed E-state index contributed by atoms with van der Waals surface area (Å²) in [6, 6.07) is 7.58. The van der Waals surface area contributed by atoms with Crippen molar-refractivity contribution in [3.8, 4) is 0 Å². The first-order valence-electron chi connectivity index (χ1n) is 8.81. The smallest absolute Gasteiger partial charge is 0.303 e. The zero-order valence-corrected chi connectivity index (χ0v) is 15.2. The molecule has 2 aromatic rings. The number of anilines is 2. The second-order valence-electron chi connectivity index (χ2n) is 6.38. The van der Waals surface area contributed by atoms with Crippen molar-refractivity contribution in [2.45, 2.75) is 44.6 Å². The Balaban J connectivity index is 1.60.